The van der Waals surface area contributed by atoms with Crippen molar-refractivity contribution in [1.82, 2.24) is 0 Å². The monoisotopic (exact) mass is 152 g/mol. The van der Waals surface area contributed by atoms with Gasteiger partial charge in [0.25, 0.3) is 0 Å². The van der Waals surface area contributed by atoms with Gasteiger partial charge >= 0.3 is 0 Å². The van der Waals surface area contributed by atoms with E-state index in [1.54, 1.807) is 0 Å². The predicted octanol–water partition coefficient (Wildman–Crippen LogP) is 3.04. The van der Waals surface area contributed by atoms with Gasteiger partial charge in [0, 0.05) is 6.42 Å². The number of hydrogen-bond donors (Lipinski definition) is 0. The number of ether oxygens (including phenoxy) is 1. The Balaban J connectivity index is 2.47. The molecule has 0 amide bonds. The average Bonchev–Trinajstić information content (AvgIpc) is 2.07. The molecule has 0 aromatic carbocycles. The summed E-state index contributed by atoms with van der Waals surface area (Å²) in [6, 6.07) is 0. The summed E-state index contributed by atoms with van der Waals surface area (Å²) in [6.45, 7) is 5.02. The van der Waals surface area contributed by atoms with Crippen molar-refractivity contribution in [2.45, 2.75) is 33.1 Å². The average molecular weight is 152 g/mol. The Morgan fingerprint density at radius 2 is 2.09 bits per heavy atom. The fraction of sp³-hybridized carbons (Fsp3) is 0.600. The molecule has 0 N–H and O–H groups in total. The number of allylic oxidation sites excluding steroid dienone is 4. The van der Waals surface area contributed by atoms with E-state index in [1.807, 2.05) is 6.92 Å². The van der Waals surface area contributed by atoms with Crippen molar-refractivity contribution < 1.29 is 4.74 Å². The van der Waals surface area contributed by atoms with Crippen LogP contribution in [0.2, 0.25) is 0 Å². The highest BCUT2D eigenvalue weighted by molar-refractivity contribution is 5.20. The van der Waals surface area contributed by atoms with E-state index < -0.39 is 0 Å². The molecule has 62 valence electrons. The van der Waals surface area contributed by atoms with Crippen LogP contribution in [-0.2, 0) is 4.74 Å². The smallest absolute Gasteiger partial charge is 0.0962 e. The van der Waals surface area contributed by atoms with Crippen molar-refractivity contribution in [3.8, 4) is 0 Å². The van der Waals surface area contributed by atoms with Gasteiger partial charge in [-0.25, -0.2) is 0 Å². The first kappa shape index (κ1) is 8.38. The van der Waals surface area contributed by atoms with Gasteiger partial charge in [0.1, 0.15) is 0 Å². The van der Waals surface area contributed by atoms with Gasteiger partial charge in [0.05, 0.1) is 12.4 Å². The highest BCUT2D eigenvalue weighted by atomic mass is 16.5. The third kappa shape index (κ3) is 2.41. The van der Waals surface area contributed by atoms with Gasteiger partial charge in [-0.05, 0) is 25.8 Å². The molecule has 1 heteroatoms. The van der Waals surface area contributed by atoms with Gasteiger partial charge in [-0.1, -0.05) is 18.6 Å². The van der Waals surface area contributed by atoms with Gasteiger partial charge in [0.15, 0.2) is 0 Å². The lowest BCUT2D eigenvalue weighted by atomic mass is 10.0. The van der Waals surface area contributed by atoms with Crippen molar-refractivity contribution in [2.24, 2.45) is 0 Å². The molecule has 0 saturated carbocycles. The predicted molar refractivity (Wildman–Crippen MR) is 47.3 cm³/mol. The molecule has 0 saturated heterocycles. The van der Waals surface area contributed by atoms with Gasteiger partial charge in [-0.2, -0.15) is 0 Å². The van der Waals surface area contributed by atoms with Crippen LogP contribution in [0.25, 0.3) is 0 Å². The fourth-order valence-electron chi connectivity index (χ4n) is 1.26. The lowest BCUT2D eigenvalue weighted by Gasteiger charge is -2.13. The zero-order valence-electron chi connectivity index (χ0n) is 7.39. The van der Waals surface area contributed by atoms with Crippen LogP contribution in [-0.4, -0.2) is 6.61 Å². The highest BCUT2D eigenvalue weighted by Crippen LogP contribution is 2.20. The van der Waals surface area contributed by atoms with Crippen LogP contribution in [0.3, 0.4) is 0 Å². The van der Waals surface area contributed by atoms with E-state index in [-0.39, 0.29) is 0 Å². The summed E-state index contributed by atoms with van der Waals surface area (Å²) < 4.78 is 5.39. The molecule has 0 aliphatic heterocycles. The summed E-state index contributed by atoms with van der Waals surface area (Å²) >= 11 is 0. The van der Waals surface area contributed by atoms with Crippen LogP contribution in [0.1, 0.15) is 33.1 Å². The van der Waals surface area contributed by atoms with E-state index in [1.165, 1.54) is 18.4 Å². The van der Waals surface area contributed by atoms with E-state index in [0.717, 1.165) is 18.8 Å². The zero-order chi connectivity index (χ0) is 8.10. The second-order valence-electron chi connectivity index (χ2n) is 2.74. The Morgan fingerprint density at radius 3 is 2.55 bits per heavy atom. The second-order valence-corrected chi connectivity index (χ2v) is 2.74. The minimum Gasteiger partial charge on any atom is -0.498 e. The third-order valence-electron chi connectivity index (χ3n) is 1.98. The van der Waals surface area contributed by atoms with Gasteiger partial charge in [-0.3, -0.25) is 0 Å². The Labute approximate surface area is 68.8 Å². The molecule has 1 nitrogen and oxygen atoms in total. The molecule has 0 unspecified atom stereocenters. The van der Waals surface area contributed by atoms with Crippen LogP contribution >= 0.6 is 0 Å². The van der Waals surface area contributed by atoms with E-state index >= 15 is 0 Å². The number of hydrogen-bond acceptors (Lipinski definition) is 1. The first-order chi connectivity index (χ1) is 5.36. The second kappa shape index (κ2) is 4.22. The summed E-state index contributed by atoms with van der Waals surface area (Å²) in [5, 5.41) is 0. The molecular formula is C10H16O. The summed E-state index contributed by atoms with van der Waals surface area (Å²) in [4.78, 5) is 0. The largest absolute Gasteiger partial charge is 0.498 e. The molecule has 11 heavy (non-hydrogen) atoms. The molecule has 1 aliphatic carbocycles. The first-order valence-corrected chi connectivity index (χ1v) is 4.38. The topological polar surface area (TPSA) is 9.23 Å². The SMILES string of the molecule is CCOC1=CC=C(CC)CC1. The Morgan fingerprint density at radius 1 is 1.27 bits per heavy atom. The van der Waals surface area contributed by atoms with E-state index in [9.17, 15) is 0 Å². The molecule has 1 rings (SSSR count). The highest BCUT2D eigenvalue weighted by Gasteiger charge is 2.04. The minimum atomic E-state index is 0.793. The lowest BCUT2D eigenvalue weighted by Crippen LogP contribution is -1.96. The van der Waals surface area contributed by atoms with E-state index in [0.29, 0.717) is 0 Å². The molecule has 0 bridgehead atoms. The van der Waals surface area contributed by atoms with Crippen molar-refractivity contribution in [3.05, 3.63) is 23.5 Å². The standard InChI is InChI=1S/C10H16O/c1-3-9-5-7-10(8-6-9)11-4-2/h5,7H,3-4,6,8H2,1-2H3. The molecule has 1 aliphatic rings. The van der Waals surface area contributed by atoms with Crippen molar-refractivity contribution in [1.29, 1.82) is 0 Å². The molecule has 0 atom stereocenters. The molecule has 0 radical (unpaired) electrons. The van der Waals surface area contributed by atoms with E-state index in [4.69, 9.17) is 4.74 Å². The maximum absolute atomic E-state index is 5.39. The fourth-order valence-corrected chi connectivity index (χ4v) is 1.26. The molecular weight excluding hydrogens is 136 g/mol. The van der Waals surface area contributed by atoms with Gasteiger partial charge in [0.2, 0.25) is 0 Å². The van der Waals surface area contributed by atoms with Crippen molar-refractivity contribution in [2.75, 3.05) is 6.61 Å². The summed E-state index contributed by atoms with van der Waals surface area (Å²) in [5.74, 6) is 1.14. The Kier molecular flexibility index (Phi) is 3.21. The van der Waals surface area contributed by atoms with Gasteiger partial charge in [-0.15, -0.1) is 0 Å². The summed E-state index contributed by atoms with van der Waals surface area (Å²) in [5.41, 5.74) is 1.54. The minimum absolute atomic E-state index is 0.793. The molecule has 0 aromatic heterocycles. The maximum Gasteiger partial charge on any atom is 0.0962 e. The van der Waals surface area contributed by atoms with Crippen LogP contribution in [0.4, 0.5) is 0 Å². The van der Waals surface area contributed by atoms with Gasteiger partial charge < -0.3 is 4.74 Å². The van der Waals surface area contributed by atoms with E-state index in [2.05, 4.69) is 19.1 Å². The van der Waals surface area contributed by atoms with Crippen molar-refractivity contribution >= 4 is 0 Å². The Hall–Kier alpha value is -0.720. The molecule has 0 aromatic rings. The van der Waals surface area contributed by atoms with Crippen LogP contribution in [0, 0.1) is 0 Å². The first-order valence-electron chi connectivity index (χ1n) is 4.38. The maximum atomic E-state index is 5.39. The van der Waals surface area contributed by atoms with Crippen LogP contribution in [0.5, 0.6) is 0 Å². The normalized spacial score (nSPS) is 17.3. The Bertz CT molecular complexity index is 177. The third-order valence-corrected chi connectivity index (χ3v) is 1.98. The quantitative estimate of drug-likeness (QED) is 0.604. The molecule has 0 heterocycles. The number of rotatable bonds is 3. The molecule has 0 fully saturated rings. The van der Waals surface area contributed by atoms with Crippen molar-refractivity contribution in [3.63, 3.8) is 0 Å². The zero-order valence-corrected chi connectivity index (χ0v) is 7.39. The summed E-state index contributed by atoms with van der Waals surface area (Å²) in [6.07, 6.45) is 7.74. The van der Waals surface area contributed by atoms with Crippen LogP contribution in [0.15, 0.2) is 23.5 Å². The summed E-state index contributed by atoms with van der Waals surface area (Å²) in [7, 11) is 0. The lowest BCUT2D eigenvalue weighted by molar-refractivity contribution is 0.217. The molecule has 0 spiro atoms. The van der Waals surface area contributed by atoms with Crippen LogP contribution < -0.4 is 0 Å².